The van der Waals surface area contributed by atoms with E-state index in [2.05, 4.69) is 17.1 Å². The predicted molar refractivity (Wildman–Crippen MR) is 114 cm³/mol. The van der Waals surface area contributed by atoms with E-state index in [1.54, 1.807) is 14.2 Å². The summed E-state index contributed by atoms with van der Waals surface area (Å²) in [4.78, 5) is 4.87. The zero-order valence-corrected chi connectivity index (χ0v) is 16.6. The van der Waals surface area contributed by atoms with Crippen LogP contribution in [0, 0.1) is 6.92 Å². The number of benzene rings is 3. The minimum atomic E-state index is 0.591. The van der Waals surface area contributed by atoms with Crippen LogP contribution in [-0.4, -0.2) is 29.4 Å². The van der Waals surface area contributed by atoms with Crippen molar-refractivity contribution in [3.8, 4) is 45.4 Å². The monoisotopic (exact) mass is 383 g/mol. The van der Waals surface area contributed by atoms with E-state index < -0.39 is 0 Å². The normalized spacial score (nSPS) is 10.6. The molecule has 5 heteroatoms. The third kappa shape index (κ3) is 3.94. The van der Waals surface area contributed by atoms with Crippen LogP contribution in [0.3, 0.4) is 0 Å². The van der Waals surface area contributed by atoms with Crippen molar-refractivity contribution in [3.05, 3.63) is 78.4 Å². The fourth-order valence-corrected chi connectivity index (χ4v) is 3.04. The number of aromatic nitrogens is 3. The first-order chi connectivity index (χ1) is 14.2. The molecule has 1 heterocycles. The van der Waals surface area contributed by atoms with Crippen LogP contribution in [0.5, 0.6) is 11.5 Å². The number of hydrogen-bond donors (Lipinski definition) is 0. The van der Waals surface area contributed by atoms with Gasteiger partial charge in [-0.05, 0) is 55.5 Å². The van der Waals surface area contributed by atoms with Crippen molar-refractivity contribution >= 4 is 0 Å². The highest BCUT2D eigenvalue weighted by molar-refractivity contribution is 5.79. The highest BCUT2D eigenvalue weighted by atomic mass is 16.5. The van der Waals surface area contributed by atoms with Crippen LogP contribution in [-0.2, 0) is 0 Å². The summed E-state index contributed by atoms with van der Waals surface area (Å²) in [5, 5.41) is 8.94. The molecule has 29 heavy (non-hydrogen) atoms. The number of rotatable bonds is 5. The molecule has 3 aromatic carbocycles. The second-order valence-corrected chi connectivity index (χ2v) is 6.66. The summed E-state index contributed by atoms with van der Waals surface area (Å²) in [6.45, 7) is 2.05. The van der Waals surface area contributed by atoms with Gasteiger partial charge in [0.25, 0.3) is 0 Å². The molecule has 4 rings (SSSR count). The van der Waals surface area contributed by atoms with Crippen molar-refractivity contribution in [1.29, 1.82) is 0 Å². The highest BCUT2D eigenvalue weighted by Crippen LogP contribution is 2.32. The SMILES string of the molecule is COc1ccc(-c2nnc(-c3ccc(C)cc3)nc2-c2ccc(OC)cc2)cc1. The van der Waals surface area contributed by atoms with E-state index in [0.717, 1.165) is 33.9 Å². The first-order valence-corrected chi connectivity index (χ1v) is 9.28. The molecule has 0 aliphatic carbocycles. The average molecular weight is 383 g/mol. The van der Waals surface area contributed by atoms with Gasteiger partial charge >= 0.3 is 0 Å². The van der Waals surface area contributed by atoms with Crippen molar-refractivity contribution in [1.82, 2.24) is 15.2 Å². The summed E-state index contributed by atoms with van der Waals surface area (Å²) >= 11 is 0. The summed E-state index contributed by atoms with van der Waals surface area (Å²) in [5.74, 6) is 2.17. The van der Waals surface area contributed by atoms with Crippen molar-refractivity contribution in [2.24, 2.45) is 0 Å². The third-order valence-electron chi connectivity index (χ3n) is 4.72. The Morgan fingerprint density at radius 3 is 1.55 bits per heavy atom. The van der Waals surface area contributed by atoms with Gasteiger partial charge in [-0.3, -0.25) is 0 Å². The molecule has 0 radical (unpaired) electrons. The summed E-state index contributed by atoms with van der Waals surface area (Å²) in [6.07, 6.45) is 0. The molecule has 0 saturated heterocycles. The van der Waals surface area contributed by atoms with Gasteiger partial charge in [-0.2, -0.15) is 0 Å². The van der Waals surface area contributed by atoms with E-state index >= 15 is 0 Å². The highest BCUT2D eigenvalue weighted by Gasteiger charge is 2.15. The van der Waals surface area contributed by atoms with Crippen LogP contribution in [0.15, 0.2) is 72.8 Å². The number of ether oxygens (including phenoxy) is 2. The van der Waals surface area contributed by atoms with E-state index in [1.807, 2.05) is 72.8 Å². The van der Waals surface area contributed by atoms with Crippen molar-refractivity contribution in [2.75, 3.05) is 14.2 Å². The van der Waals surface area contributed by atoms with E-state index in [4.69, 9.17) is 14.5 Å². The fourth-order valence-electron chi connectivity index (χ4n) is 3.04. The average Bonchev–Trinajstić information content (AvgIpc) is 2.79. The van der Waals surface area contributed by atoms with Crippen LogP contribution in [0.1, 0.15) is 5.56 Å². The molecule has 0 bridgehead atoms. The van der Waals surface area contributed by atoms with E-state index in [0.29, 0.717) is 11.5 Å². The zero-order chi connectivity index (χ0) is 20.2. The molecular formula is C24H21N3O2. The quantitative estimate of drug-likeness (QED) is 0.474. The second kappa shape index (κ2) is 8.10. The molecule has 0 atom stereocenters. The predicted octanol–water partition coefficient (Wildman–Crippen LogP) is 5.20. The van der Waals surface area contributed by atoms with Gasteiger partial charge in [0.15, 0.2) is 5.82 Å². The molecule has 0 spiro atoms. The molecule has 0 N–H and O–H groups in total. The van der Waals surface area contributed by atoms with Gasteiger partial charge in [0.2, 0.25) is 0 Å². The molecule has 0 amide bonds. The van der Waals surface area contributed by atoms with Gasteiger partial charge in [0.1, 0.15) is 22.9 Å². The van der Waals surface area contributed by atoms with Gasteiger partial charge in [-0.1, -0.05) is 29.8 Å². The van der Waals surface area contributed by atoms with Crippen LogP contribution >= 0.6 is 0 Å². The maximum Gasteiger partial charge on any atom is 0.182 e. The van der Waals surface area contributed by atoms with Crippen molar-refractivity contribution in [2.45, 2.75) is 6.92 Å². The molecular weight excluding hydrogens is 362 g/mol. The number of methoxy groups -OCH3 is 2. The smallest absolute Gasteiger partial charge is 0.182 e. The molecule has 0 aliphatic heterocycles. The van der Waals surface area contributed by atoms with Crippen molar-refractivity contribution < 1.29 is 9.47 Å². The van der Waals surface area contributed by atoms with E-state index in [-0.39, 0.29) is 0 Å². The van der Waals surface area contributed by atoms with Gasteiger partial charge in [0, 0.05) is 16.7 Å². The van der Waals surface area contributed by atoms with Crippen LogP contribution < -0.4 is 9.47 Å². The van der Waals surface area contributed by atoms with Gasteiger partial charge in [-0.15, -0.1) is 10.2 Å². The topological polar surface area (TPSA) is 57.1 Å². The van der Waals surface area contributed by atoms with E-state index in [9.17, 15) is 0 Å². The maximum absolute atomic E-state index is 5.29. The Hall–Kier alpha value is -3.73. The zero-order valence-electron chi connectivity index (χ0n) is 16.6. The minimum absolute atomic E-state index is 0.591. The summed E-state index contributed by atoms with van der Waals surface area (Å²) < 4.78 is 10.6. The van der Waals surface area contributed by atoms with Crippen LogP contribution in [0.2, 0.25) is 0 Å². The Morgan fingerprint density at radius 2 is 1.03 bits per heavy atom. The lowest BCUT2D eigenvalue weighted by Gasteiger charge is -2.11. The largest absolute Gasteiger partial charge is 0.497 e. The lowest BCUT2D eigenvalue weighted by Crippen LogP contribution is -2.00. The molecule has 0 fully saturated rings. The molecule has 5 nitrogen and oxygen atoms in total. The minimum Gasteiger partial charge on any atom is -0.497 e. The molecule has 4 aromatic rings. The maximum atomic E-state index is 5.29. The lowest BCUT2D eigenvalue weighted by molar-refractivity contribution is 0.414. The number of aryl methyl sites for hydroxylation is 1. The molecule has 0 aliphatic rings. The Bertz CT molecular complexity index is 1110. The summed E-state index contributed by atoms with van der Waals surface area (Å²) in [6, 6.07) is 23.6. The van der Waals surface area contributed by atoms with E-state index in [1.165, 1.54) is 5.56 Å². The van der Waals surface area contributed by atoms with Crippen LogP contribution in [0.4, 0.5) is 0 Å². The molecule has 0 saturated carbocycles. The van der Waals surface area contributed by atoms with Gasteiger partial charge < -0.3 is 9.47 Å². The molecule has 1 aromatic heterocycles. The van der Waals surface area contributed by atoms with Gasteiger partial charge in [0.05, 0.1) is 14.2 Å². The Kier molecular flexibility index (Phi) is 5.20. The third-order valence-corrected chi connectivity index (χ3v) is 4.72. The first-order valence-electron chi connectivity index (χ1n) is 9.28. The molecule has 144 valence electrons. The Labute approximate surface area is 170 Å². The Balaban J connectivity index is 1.85. The lowest BCUT2D eigenvalue weighted by atomic mass is 10.0. The second-order valence-electron chi connectivity index (χ2n) is 6.66. The Morgan fingerprint density at radius 1 is 0.552 bits per heavy atom. The first kappa shape index (κ1) is 18.6. The number of hydrogen-bond acceptors (Lipinski definition) is 5. The summed E-state index contributed by atoms with van der Waals surface area (Å²) in [7, 11) is 3.30. The standard InChI is InChI=1S/C24H21N3O2/c1-16-4-6-19(7-5-16)24-25-22(17-8-12-20(28-2)13-9-17)23(26-27-24)18-10-14-21(29-3)15-11-18/h4-15H,1-3H3. The molecule has 0 unspecified atom stereocenters. The van der Waals surface area contributed by atoms with Gasteiger partial charge in [-0.25, -0.2) is 4.98 Å². The van der Waals surface area contributed by atoms with Crippen molar-refractivity contribution in [3.63, 3.8) is 0 Å². The number of nitrogens with zero attached hydrogens (tertiary/aromatic N) is 3. The van der Waals surface area contributed by atoms with Crippen LogP contribution in [0.25, 0.3) is 33.9 Å². The fraction of sp³-hybridized carbons (Fsp3) is 0.125. The summed E-state index contributed by atoms with van der Waals surface area (Å²) in [5.41, 5.74) is 5.47.